The summed E-state index contributed by atoms with van der Waals surface area (Å²) in [6.07, 6.45) is 2.35. The van der Waals surface area contributed by atoms with Gasteiger partial charge in [0.05, 0.1) is 16.4 Å². The van der Waals surface area contributed by atoms with E-state index in [1.54, 1.807) is 17.4 Å². The van der Waals surface area contributed by atoms with Gasteiger partial charge in [-0.05, 0) is 38.0 Å². The lowest BCUT2D eigenvalue weighted by molar-refractivity contribution is 0.102. The van der Waals surface area contributed by atoms with E-state index in [4.69, 9.17) is 0 Å². The Morgan fingerprint density at radius 1 is 1.12 bits per heavy atom. The van der Waals surface area contributed by atoms with Crippen LogP contribution in [-0.2, 0) is 0 Å². The molecule has 0 saturated carbocycles. The lowest BCUT2D eigenvalue weighted by atomic mass is 10.1. The molecule has 1 saturated heterocycles. The molecule has 1 amide bonds. The number of amides is 1. The zero-order valence-electron chi connectivity index (χ0n) is 14.5. The second-order valence-corrected chi connectivity index (χ2v) is 7.28. The molecular formula is C19H19N5OS. The number of nitrogens with one attached hydrogen (secondary N) is 1. The minimum atomic E-state index is -0.273. The molecule has 0 bridgehead atoms. The van der Waals surface area contributed by atoms with E-state index in [-0.39, 0.29) is 5.91 Å². The number of para-hydroxylation sites is 1. The van der Waals surface area contributed by atoms with Crippen molar-refractivity contribution in [2.45, 2.75) is 19.8 Å². The summed E-state index contributed by atoms with van der Waals surface area (Å²) >= 11 is 1.59. The molecule has 1 aromatic carbocycles. The van der Waals surface area contributed by atoms with E-state index in [9.17, 15) is 4.79 Å². The van der Waals surface area contributed by atoms with Gasteiger partial charge in [-0.15, -0.1) is 21.5 Å². The fourth-order valence-electron chi connectivity index (χ4n) is 3.05. The Bertz CT molecular complexity index is 916. The smallest absolute Gasteiger partial charge is 0.276 e. The van der Waals surface area contributed by atoms with E-state index in [0.29, 0.717) is 11.4 Å². The summed E-state index contributed by atoms with van der Waals surface area (Å²) in [4.78, 5) is 19.3. The average molecular weight is 365 g/mol. The quantitative estimate of drug-likeness (QED) is 0.762. The molecule has 26 heavy (non-hydrogen) atoms. The molecular weight excluding hydrogens is 346 g/mol. The summed E-state index contributed by atoms with van der Waals surface area (Å²) in [5, 5.41) is 14.2. The van der Waals surface area contributed by atoms with Crippen LogP contribution in [0.3, 0.4) is 0 Å². The number of aromatic nitrogens is 3. The highest BCUT2D eigenvalue weighted by molar-refractivity contribution is 7.09. The van der Waals surface area contributed by atoms with Crippen LogP contribution >= 0.6 is 11.3 Å². The van der Waals surface area contributed by atoms with Gasteiger partial charge < -0.3 is 10.2 Å². The van der Waals surface area contributed by atoms with Crippen molar-refractivity contribution in [3.8, 4) is 11.3 Å². The van der Waals surface area contributed by atoms with Crippen LogP contribution < -0.4 is 10.2 Å². The molecule has 3 aromatic rings. The minimum absolute atomic E-state index is 0.273. The van der Waals surface area contributed by atoms with Crippen molar-refractivity contribution < 1.29 is 4.79 Å². The van der Waals surface area contributed by atoms with Gasteiger partial charge in [-0.2, -0.15) is 0 Å². The highest BCUT2D eigenvalue weighted by atomic mass is 32.1. The number of anilines is 2. The van der Waals surface area contributed by atoms with Crippen molar-refractivity contribution in [3.05, 3.63) is 52.5 Å². The van der Waals surface area contributed by atoms with Crippen LogP contribution in [0, 0.1) is 6.92 Å². The fourth-order valence-corrected chi connectivity index (χ4v) is 3.66. The van der Waals surface area contributed by atoms with Crippen LogP contribution in [0.15, 0.2) is 41.8 Å². The predicted octanol–water partition coefficient (Wildman–Crippen LogP) is 3.76. The first-order valence-electron chi connectivity index (χ1n) is 8.62. The number of carbonyl (C=O) groups is 1. The molecule has 1 N–H and O–H groups in total. The maximum atomic E-state index is 12.6. The van der Waals surface area contributed by atoms with Crippen LogP contribution in [0.25, 0.3) is 11.3 Å². The number of hydrogen-bond acceptors (Lipinski definition) is 6. The number of nitrogens with zero attached hydrogens (tertiary/aromatic N) is 4. The largest absolute Gasteiger partial charge is 0.355 e. The highest BCUT2D eigenvalue weighted by Gasteiger charge is 2.16. The van der Waals surface area contributed by atoms with Crippen molar-refractivity contribution in [2.75, 3.05) is 23.3 Å². The van der Waals surface area contributed by atoms with E-state index >= 15 is 0 Å². The van der Waals surface area contributed by atoms with Crippen molar-refractivity contribution >= 4 is 28.7 Å². The Morgan fingerprint density at radius 3 is 2.62 bits per heavy atom. The molecule has 2 aromatic heterocycles. The summed E-state index contributed by atoms with van der Waals surface area (Å²) in [6.45, 7) is 3.97. The van der Waals surface area contributed by atoms with Gasteiger partial charge in [0, 0.05) is 24.0 Å². The van der Waals surface area contributed by atoms with Crippen LogP contribution in [0.4, 0.5) is 11.5 Å². The van der Waals surface area contributed by atoms with Crippen LogP contribution in [0.1, 0.15) is 28.3 Å². The normalized spacial score (nSPS) is 13.8. The highest BCUT2D eigenvalue weighted by Crippen LogP contribution is 2.29. The molecule has 3 heterocycles. The zero-order valence-corrected chi connectivity index (χ0v) is 15.3. The van der Waals surface area contributed by atoms with Crippen molar-refractivity contribution in [1.82, 2.24) is 15.2 Å². The number of rotatable bonds is 4. The molecule has 0 atom stereocenters. The number of aryl methyl sites for hydroxylation is 1. The monoisotopic (exact) mass is 365 g/mol. The van der Waals surface area contributed by atoms with Crippen LogP contribution in [-0.4, -0.2) is 34.2 Å². The zero-order chi connectivity index (χ0) is 17.9. The molecule has 1 fully saturated rings. The third-order valence-corrected chi connectivity index (χ3v) is 5.16. The van der Waals surface area contributed by atoms with E-state index in [0.717, 1.165) is 35.2 Å². The number of thiazole rings is 1. The van der Waals surface area contributed by atoms with Gasteiger partial charge in [0.2, 0.25) is 0 Å². The fraction of sp³-hybridized carbons (Fsp3) is 0.263. The molecule has 0 unspecified atom stereocenters. The van der Waals surface area contributed by atoms with Gasteiger partial charge in [0.25, 0.3) is 5.91 Å². The van der Waals surface area contributed by atoms with Gasteiger partial charge in [-0.3, -0.25) is 4.79 Å². The third kappa shape index (κ3) is 3.43. The molecule has 0 radical (unpaired) electrons. The summed E-state index contributed by atoms with van der Waals surface area (Å²) in [6, 6.07) is 11.2. The molecule has 0 aliphatic carbocycles. The summed E-state index contributed by atoms with van der Waals surface area (Å²) in [5.41, 5.74) is 2.77. The first-order valence-corrected chi connectivity index (χ1v) is 9.50. The van der Waals surface area contributed by atoms with Gasteiger partial charge in [-0.25, -0.2) is 4.98 Å². The van der Waals surface area contributed by atoms with Gasteiger partial charge >= 0.3 is 0 Å². The van der Waals surface area contributed by atoms with Gasteiger partial charge in [0.1, 0.15) is 0 Å². The first-order chi connectivity index (χ1) is 12.7. The second-order valence-electron chi connectivity index (χ2n) is 6.22. The van der Waals surface area contributed by atoms with E-state index in [1.807, 2.05) is 42.6 Å². The maximum Gasteiger partial charge on any atom is 0.276 e. The summed E-state index contributed by atoms with van der Waals surface area (Å²) < 4.78 is 0. The van der Waals surface area contributed by atoms with Crippen molar-refractivity contribution in [2.24, 2.45) is 0 Å². The Kier molecular flexibility index (Phi) is 4.62. The van der Waals surface area contributed by atoms with E-state index in [2.05, 4.69) is 25.4 Å². The first kappa shape index (κ1) is 16.7. The van der Waals surface area contributed by atoms with E-state index < -0.39 is 0 Å². The lowest BCUT2D eigenvalue weighted by Crippen LogP contribution is -2.21. The van der Waals surface area contributed by atoms with Crippen LogP contribution in [0.5, 0.6) is 0 Å². The molecule has 6 nitrogen and oxygen atoms in total. The van der Waals surface area contributed by atoms with Crippen molar-refractivity contribution in [1.29, 1.82) is 0 Å². The number of carbonyl (C=O) groups excluding carboxylic acids is 1. The van der Waals surface area contributed by atoms with E-state index in [1.165, 1.54) is 12.8 Å². The van der Waals surface area contributed by atoms with Gasteiger partial charge in [0.15, 0.2) is 11.5 Å². The molecule has 1 aliphatic rings. The number of hydrogen-bond donors (Lipinski definition) is 1. The van der Waals surface area contributed by atoms with Crippen molar-refractivity contribution in [3.63, 3.8) is 0 Å². The second kappa shape index (κ2) is 7.21. The predicted molar refractivity (Wildman–Crippen MR) is 104 cm³/mol. The Labute approximate surface area is 155 Å². The Hall–Kier alpha value is -2.80. The standard InChI is InChI=1S/C19H19N5OS/c1-13-20-17(12-26-13)14-6-2-3-7-15(14)21-19(25)16-8-9-18(23-22-16)24-10-4-5-11-24/h2-3,6-9,12H,4-5,10-11H2,1H3,(H,21,25). The summed E-state index contributed by atoms with van der Waals surface area (Å²) in [7, 11) is 0. The summed E-state index contributed by atoms with van der Waals surface area (Å²) in [5.74, 6) is 0.558. The minimum Gasteiger partial charge on any atom is -0.355 e. The van der Waals surface area contributed by atoms with Gasteiger partial charge in [-0.1, -0.05) is 18.2 Å². The molecule has 1 aliphatic heterocycles. The molecule has 4 rings (SSSR count). The Balaban J connectivity index is 1.53. The topological polar surface area (TPSA) is 71.0 Å². The third-order valence-electron chi connectivity index (χ3n) is 4.38. The lowest BCUT2D eigenvalue weighted by Gasteiger charge is -2.15. The average Bonchev–Trinajstić information content (AvgIpc) is 3.34. The maximum absolute atomic E-state index is 12.6. The number of benzene rings is 1. The molecule has 7 heteroatoms. The van der Waals surface area contributed by atoms with Crippen LogP contribution in [0.2, 0.25) is 0 Å². The molecule has 132 valence electrons. The molecule has 0 spiro atoms. The Morgan fingerprint density at radius 2 is 1.92 bits per heavy atom. The SMILES string of the molecule is Cc1nc(-c2ccccc2NC(=O)c2ccc(N3CCCC3)nn2)cs1.